The molecular weight excluding hydrogens is 348 g/mol. The van der Waals surface area contributed by atoms with Crippen LogP contribution in [0.15, 0.2) is 54.6 Å². The highest BCUT2D eigenvalue weighted by Crippen LogP contribution is 2.24. The van der Waals surface area contributed by atoms with E-state index in [2.05, 4.69) is 73.5 Å². The minimum absolute atomic E-state index is 0.0394. The third kappa shape index (κ3) is 5.59. The highest BCUT2D eigenvalue weighted by Gasteiger charge is 2.24. The third-order valence-corrected chi connectivity index (χ3v) is 5.64. The van der Waals surface area contributed by atoms with Crippen LogP contribution in [0.1, 0.15) is 56.7 Å². The second-order valence-electron chi connectivity index (χ2n) is 7.98. The predicted octanol–water partition coefficient (Wildman–Crippen LogP) is 4.53. The fourth-order valence-corrected chi connectivity index (χ4v) is 3.74. The first-order valence-corrected chi connectivity index (χ1v) is 10.3. The lowest BCUT2D eigenvalue weighted by Crippen LogP contribution is -2.46. The Kier molecular flexibility index (Phi) is 7.10. The molecule has 1 saturated heterocycles. The molecule has 0 aromatic heterocycles. The first-order chi connectivity index (χ1) is 13.5. The summed E-state index contributed by atoms with van der Waals surface area (Å²) in [5.74, 6) is 1.20. The molecule has 1 N–H and O–H groups in total. The van der Waals surface area contributed by atoms with E-state index in [4.69, 9.17) is 4.74 Å². The number of ether oxygens (including phenoxy) is 1. The lowest BCUT2D eigenvalue weighted by Gasteiger charge is -2.36. The van der Waals surface area contributed by atoms with Crippen molar-refractivity contribution in [2.24, 2.45) is 0 Å². The monoisotopic (exact) mass is 380 g/mol. The molecule has 2 aromatic rings. The van der Waals surface area contributed by atoms with Gasteiger partial charge in [0.2, 0.25) is 0 Å². The molecular formula is C24H32N2O2. The fourth-order valence-electron chi connectivity index (χ4n) is 3.74. The van der Waals surface area contributed by atoms with Gasteiger partial charge in [0.1, 0.15) is 5.75 Å². The molecule has 1 atom stereocenters. The van der Waals surface area contributed by atoms with Crippen molar-refractivity contribution >= 4 is 5.91 Å². The SMILES string of the molecule is CC(C)c1ccc(OCC(=O)NC2CCN(C(C)c3ccccc3)CC2)cc1. The number of carbonyl (C=O) groups excluding carboxylic acids is 1. The van der Waals surface area contributed by atoms with Gasteiger partial charge >= 0.3 is 0 Å². The molecule has 0 spiro atoms. The van der Waals surface area contributed by atoms with Gasteiger partial charge in [-0.1, -0.05) is 56.3 Å². The number of nitrogens with zero attached hydrogens (tertiary/aromatic N) is 1. The minimum atomic E-state index is -0.0394. The van der Waals surface area contributed by atoms with E-state index < -0.39 is 0 Å². The van der Waals surface area contributed by atoms with E-state index in [1.165, 1.54) is 11.1 Å². The van der Waals surface area contributed by atoms with E-state index in [1.807, 2.05) is 12.1 Å². The first kappa shape index (κ1) is 20.4. The lowest BCUT2D eigenvalue weighted by atomic mass is 10.00. The molecule has 1 heterocycles. The van der Waals surface area contributed by atoms with Crippen LogP contribution in [-0.2, 0) is 4.79 Å². The van der Waals surface area contributed by atoms with E-state index in [-0.39, 0.29) is 18.6 Å². The normalized spacial score (nSPS) is 16.7. The lowest BCUT2D eigenvalue weighted by molar-refractivity contribution is -0.124. The summed E-state index contributed by atoms with van der Waals surface area (Å²) >= 11 is 0. The standard InChI is InChI=1S/C24H32N2O2/c1-18(2)20-9-11-23(12-10-20)28-17-24(27)25-22-13-15-26(16-14-22)19(3)21-7-5-4-6-8-21/h4-12,18-19,22H,13-17H2,1-3H3,(H,25,27). The topological polar surface area (TPSA) is 41.6 Å². The molecule has 1 aliphatic rings. The van der Waals surface area contributed by atoms with E-state index in [0.717, 1.165) is 31.7 Å². The maximum atomic E-state index is 12.2. The second kappa shape index (κ2) is 9.74. The maximum absolute atomic E-state index is 12.2. The van der Waals surface area contributed by atoms with Crippen molar-refractivity contribution in [2.45, 2.75) is 51.6 Å². The summed E-state index contributed by atoms with van der Waals surface area (Å²) in [4.78, 5) is 14.7. The summed E-state index contributed by atoms with van der Waals surface area (Å²) in [6.07, 6.45) is 1.96. The largest absolute Gasteiger partial charge is 0.484 e. The van der Waals surface area contributed by atoms with Gasteiger partial charge < -0.3 is 10.1 Å². The van der Waals surface area contributed by atoms with Crippen LogP contribution < -0.4 is 10.1 Å². The van der Waals surface area contributed by atoms with Crippen molar-refractivity contribution in [3.8, 4) is 5.75 Å². The van der Waals surface area contributed by atoms with E-state index in [0.29, 0.717) is 12.0 Å². The number of piperidine rings is 1. The number of benzene rings is 2. The van der Waals surface area contributed by atoms with Gasteiger partial charge in [0.15, 0.2) is 6.61 Å². The van der Waals surface area contributed by atoms with Crippen molar-refractivity contribution in [3.05, 3.63) is 65.7 Å². The van der Waals surface area contributed by atoms with Gasteiger partial charge in [0.05, 0.1) is 0 Å². The number of amides is 1. The summed E-state index contributed by atoms with van der Waals surface area (Å²) < 4.78 is 5.64. The summed E-state index contributed by atoms with van der Waals surface area (Å²) in [6, 6.07) is 19.2. The van der Waals surface area contributed by atoms with Crippen molar-refractivity contribution in [3.63, 3.8) is 0 Å². The molecule has 4 nitrogen and oxygen atoms in total. The molecule has 3 rings (SSSR count). The van der Waals surface area contributed by atoms with E-state index in [1.54, 1.807) is 0 Å². The number of likely N-dealkylation sites (tertiary alicyclic amines) is 1. The fraction of sp³-hybridized carbons (Fsp3) is 0.458. The third-order valence-electron chi connectivity index (χ3n) is 5.64. The van der Waals surface area contributed by atoms with Gasteiger partial charge in [-0.25, -0.2) is 0 Å². The molecule has 1 amide bonds. The molecule has 0 radical (unpaired) electrons. The molecule has 0 bridgehead atoms. The summed E-state index contributed by atoms with van der Waals surface area (Å²) in [5.41, 5.74) is 2.62. The maximum Gasteiger partial charge on any atom is 0.258 e. The molecule has 1 fully saturated rings. The van der Waals surface area contributed by atoms with Crippen LogP contribution in [0.2, 0.25) is 0 Å². The van der Waals surface area contributed by atoms with Crippen LogP contribution in [0.25, 0.3) is 0 Å². The van der Waals surface area contributed by atoms with Crippen LogP contribution >= 0.6 is 0 Å². The van der Waals surface area contributed by atoms with Crippen molar-refractivity contribution in [2.75, 3.05) is 19.7 Å². The van der Waals surface area contributed by atoms with E-state index in [9.17, 15) is 4.79 Å². The zero-order valence-corrected chi connectivity index (χ0v) is 17.2. The van der Waals surface area contributed by atoms with Crippen molar-refractivity contribution in [1.29, 1.82) is 0 Å². The van der Waals surface area contributed by atoms with Crippen LogP contribution in [0.4, 0.5) is 0 Å². The Bertz CT molecular complexity index is 735. The quantitative estimate of drug-likeness (QED) is 0.767. The van der Waals surface area contributed by atoms with Gasteiger partial charge in [0, 0.05) is 25.2 Å². The number of nitrogens with one attached hydrogen (secondary N) is 1. The van der Waals surface area contributed by atoms with Gasteiger partial charge in [-0.15, -0.1) is 0 Å². The Morgan fingerprint density at radius 2 is 1.64 bits per heavy atom. The zero-order chi connectivity index (χ0) is 19.9. The summed E-state index contributed by atoms with van der Waals surface area (Å²) in [7, 11) is 0. The molecule has 2 aromatic carbocycles. The van der Waals surface area contributed by atoms with Crippen molar-refractivity contribution < 1.29 is 9.53 Å². The number of rotatable bonds is 7. The second-order valence-corrected chi connectivity index (χ2v) is 7.98. The molecule has 0 aliphatic carbocycles. The zero-order valence-electron chi connectivity index (χ0n) is 17.2. The summed E-state index contributed by atoms with van der Waals surface area (Å²) in [5, 5.41) is 3.13. The highest BCUT2D eigenvalue weighted by atomic mass is 16.5. The Hall–Kier alpha value is -2.33. The molecule has 1 unspecified atom stereocenters. The molecule has 1 aliphatic heterocycles. The van der Waals surface area contributed by atoms with Gasteiger partial charge in [-0.3, -0.25) is 9.69 Å². The van der Waals surface area contributed by atoms with E-state index >= 15 is 0 Å². The Morgan fingerprint density at radius 1 is 1.00 bits per heavy atom. The van der Waals surface area contributed by atoms with Crippen LogP contribution in [0.5, 0.6) is 5.75 Å². The predicted molar refractivity (Wildman–Crippen MR) is 114 cm³/mol. The number of hydrogen-bond acceptors (Lipinski definition) is 3. The molecule has 0 saturated carbocycles. The van der Waals surface area contributed by atoms with Gasteiger partial charge in [-0.2, -0.15) is 0 Å². The first-order valence-electron chi connectivity index (χ1n) is 10.3. The average Bonchev–Trinajstić information content (AvgIpc) is 2.73. The Morgan fingerprint density at radius 3 is 2.25 bits per heavy atom. The van der Waals surface area contributed by atoms with Crippen LogP contribution in [0.3, 0.4) is 0 Å². The van der Waals surface area contributed by atoms with Gasteiger partial charge in [-0.05, 0) is 48.9 Å². The number of hydrogen-bond donors (Lipinski definition) is 1. The smallest absolute Gasteiger partial charge is 0.258 e. The van der Waals surface area contributed by atoms with Crippen molar-refractivity contribution in [1.82, 2.24) is 10.2 Å². The Labute approximate surface area is 168 Å². The molecule has 150 valence electrons. The molecule has 4 heteroatoms. The summed E-state index contributed by atoms with van der Waals surface area (Å²) in [6.45, 7) is 8.65. The van der Waals surface area contributed by atoms with Crippen LogP contribution in [0, 0.1) is 0 Å². The average molecular weight is 381 g/mol. The van der Waals surface area contributed by atoms with Gasteiger partial charge in [0.25, 0.3) is 5.91 Å². The highest BCUT2D eigenvalue weighted by molar-refractivity contribution is 5.77. The van der Waals surface area contributed by atoms with Crippen LogP contribution in [-0.4, -0.2) is 36.5 Å². The molecule has 28 heavy (non-hydrogen) atoms. The Balaban J connectivity index is 1.40. The minimum Gasteiger partial charge on any atom is -0.484 e. The number of carbonyl (C=O) groups is 1.